The zero-order valence-corrected chi connectivity index (χ0v) is 41.3. The van der Waals surface area contributed by atoms with Crippen LogP contribution in [-0.2, 0) is 61.3 Å². The maximum absolute atomic E-state index is 13.4. The summed E-state index contributed by atoms with van der Waals surface area (Å²) in [7, 11) is -4.66. The number of rotatable bonds is 27. The molecule has 1 N–H and O–H groups in total. The predicted molar refractivity (Wildman–Crippen MR) is 233 cm³/mol. The zero-order valence-electron chi connectivity index (χ0n) is 40.4. The van der Waals surface area contributed by atoms with Crippen LogP contribution in [0, 0.1) is 0 Å². The van der Waals surface area contributed by atoms with E-state index < -0.39 is 91.4 Å². The Hall–Kier alpha value is -2.66. The van der Waals surface area contributed by atoms with Crippen LogP contribution in [0.2, 0.25) is 0 Å². The van der Waals surface area contributed by atoms with Gasteiger partial charge in [-0.15, -0.1) is 0 Å². The number of carbonyl (C=O) groups is 5. The molecule has 0 fully saturated rings. The minimum absolute atomic E-state index is 0.0133. The molecule has 0 aliphatic heterocycles. The van der Waals surface area contributed by atoms with Gasteiger partial charge in [0.15, 0.2) is 0 Å². The van der Waals surface area contributed by atoms with Gasteiger partial charge in [-0.1, -0.05) is 39.0 Å². The first-order valence-electron chi connectivity index (χ1n) is 21.5. The molecule has 0 saturated heterocycles. The lowest BCUT2D eigenvalue weighted by atomic mass is 10.1. The molecule has 0 aromatic carbocycles. The summed E-state index contributed by atoms with van der Waals surface area (Å²) in [5.41, 5.74) is -4.25. The Morgan fingerprint density at radius 2 is 0.820 bits per heavy atom. The van der Waals surface area contributed by atoms with E-state index in [1.807, 2.05) is 0 Å². The van der Waals surface area contributed by atoms with Crippen LogP contribution in [0.1, 0.15) is 149 Å². The average molecular weight is 896 g/mol. The molecule has 0 aromatic heterocycles. The van der Waals surface area contributed by atoms with Crippen molar-refractivity contribution in [1.29, 1.82) is 0 Å². The molecule has 17 nitrogen and oxygen atoms in total. The number of phosphoric ester groups is 1. The van der Waals surface area contributed by atoms with Crippen LogP contribution in [-0.4, -0.2) is 149 Å². The fourth-order valence-electron chi connectivity index (χ4n) is 5.65. The number of phosphoric acid groups is 1. The summed E-state index contributed by atoms with van der Waals surface area (Å²) in [5, 5.41) is 0. The van der Waals surface area contributed by atoms with Gasteiger partial charge in [0.25, 0.3) is 0 Å². The molecule has 0 aliphatic rings. The zero-order chi connectivity index (χ0) is 47.5. The van der Waals surface area contributed by atoms with E-state index in [1.165, 1.54) is 9.80 Å². The highest BCUT2D eigenvalue weighted by Gasteiger charge is 2.34. The lowest BCUT2D eigenvalue weighted by Crippen LogP contribution is -2.53. The Kier molecular flexibility index (Phi) is 25.1. The second-order valence-electron chi connectivity index (χ2n) is 20.3. The molecule has 1 unspecified atom stereocenters. The van der Waals surface area contributed by atoms with E-state index in [4.69, 9.17) is 32.7 Å². The number of ether oxygens (including phenoxy) is 5. The quantitative estimate of drug-likeness (QED) is 0.0408. The molecule has 0 radical (unpaired) electrons. The summed E-state index contributed by atoms with van der Waals surface area (Å²) in [6.45, 7) is 25.2. The van der Waals surface area contributed by atoms with E-state index in [1.54, 1.807) is 109 Å². The Bertz CT molecular complexity index is 1350. The summed E-state index contributed by atoms with van der Waals surface area (Å²) in [6, 6.07) is -1.05. The highest BCUT2D eigenvalue weighted by molar-refractivity contribution is 7.47. The first-order valence-corrected chi connectivity index (χ1v) is 23.0. The van der Waals surface area contributed by atoms with E-state index in [0.29, 0.717) is 6.42 Å². The lowest BCUT2D eigenvalue weighted by molar-refractivity contribution is -0.163. The van der Waals surface area contributed by atoms with Crippen LogP contribution >= 0.6 is 7.82 Å². The van der Waals surface area contributed by atoms with Crippen LogP contribution in [0.15, 0.2) is 0 Å². The summed E-state index contributed by atoms with van der Waals surface area (Å²) in [6.07, 6.45) is 5.54. The van der Waals surface area contributed by atoms with Crippen molar-refractivity contribution >= 4 is 37.7 Å². The molecule has 0 spiro atoms. The summed E-state index contributed by atoms with van der Waals surface area (Å²) in [4.78, 5) is 81.6. The second kappa shape index (κ2) is 26.2. The van der Waals surface area contributed by atoms with Gasteiger partial charge in [-0.05, 0) is 110 Å². The SMILES string of the molecule is CCCCCCCCOP(=O)(O)OC[C@@H](CN(CCN(CC(=O)OC(C)(C)C)CC(=O)OC(C)(C)C)CC(=O)OC(C)(C)C)N(CC(=O)OC(C)(C)C)CC(=O)OC(C)(C)C. The van der Waals surface area contributed by atoms with Gasteiger partial charge in [-0.25, -0.2) is 4.57 Å². The molecule has 0 amide bonds. The highest BCUT2D eigenvalue weighted by atomic mass is 31.2. The Balaban J connectivity index is 7.04. The number of nitrogens with zero attached hydrogens (tertiary/aromatic N) is 3. The van der Waals surface area contributed by atoms with Crippen molar-refractivity contribution in [3.63, 3.8) is 0 Å². The Labute approximate surface area is 366 Å². The van der Waals surface area contributed by atoms with Gasteiger partial charge >= 0.3 is 37.7 Å². The van der Waals surface area contributed by atoms with Crippen molar-refractivity contribution < 1.29 is 66.2 Å². The molecule has 358 valence electrons. The summed E-state index contributed by atoms with van der Waals surface area (Å²) >= 11 is 0. The number of esters is 5. The molecule has 0 bridgehead atoms. The summed E-state index contributed by atoms with van der Waals surface area (Å²) in [5.74, 6) is -3.22. The standard InChI is InChI=1S/C43H82N3O14P/c1-17-18-19-20-21-22-25-54-61(52,53)55-32-33(46(30-37(50)59-42(11,12)13)31-38(51)60-43(14,15)16)26-44(27-34(47)56-39(2,3)4)23-24-45(28-35(48)57-40(5,6)7)29-36(49)58-41(8,9)10/h33H,17-32H2,1-16H3,(H,52,53)/t33-/m1/s1. The van der Waals surface area contributed by atoms with E-state index in [-0.39, 0.29) is 45.9 Å². The topological polar surface area (TPSA) is 197 Å². The van der Waals surface area contributed by atoms with Gasteiger partial charge in [-0.3, -0.25) is 47.7 Å². The minimum atomic E-state index is -4.66. The third kappa shape index (κ3) is 34.5. The number of unbranched alkanes of at least 4 members (excludes halogenated alkanes) is 5. The van der Waals surface area contributed by atoms with E-state index in [9.17, 15) is 33.4 Å². The van der Waals surface area contributed by atoms with E-state index >= 15 is 0 Å². The maximum atomic E-state index is 13.4. The highest BCUT2D eigenvalue weighted by Crippen LogP contribution is 2.43. The van der Waals surface area contributed by atoms with Crippen molar-refractivity contribution in [2.24, 2.45) is 0 Å². The molecule has 2 atom stereocenters. The number of hydrogen-bond donors (Lipinski definition) is 1. The smallest absolute Gasteiger partial charge is 0.459 e. The molecule has 0 saturated carbocycles. The Morgan fingerprint density at radius 3 is 1.20 bits per heavy atom. The van der Waals surface area contributed by atoms with Crippen LogP contribution in [0.5, 0.6) is 0 Å². The molecular formula is C43H82N3O14P. The second-order valence-corrected chi connectivity index (χ2v) is 21.8. The van der Waals surface area contributed by atoms with Crippen molar-refractivity contribution in [3.05, 3.63) is 0 Å². The minimum Gasteiger partial charge on any atom is -0.459 e. The normalized spacial score (nSPS) is 14.4. The monoisotopic (exact) mass is 896 g/mol. The molecule has 0 aromatic rings. The first-order chi connectivity index (χ1) is 27.6. The molecule has 0 rings (SSSR count). The van der Waals surface area contributed by atoms with Gasteiger partial charge in [0.2, 0.25) is 0 Å². The molecular weight excluding hydrogens is 813 g/mol. The first kappa shape index (κ1) is 58.3. The summed E-state index contributed by atoms with van der Waals surface area (Å²) < 4.78 is 52.1. The Morgan fingerprint density at radius 1 is 0.492 bits per heavy atom. The fourth-order valence-corrected chi connectivity index (χ4v) is 6.44. The largest absolute Gasteiger partial charge is 0.472 e. The van der Waals surface area contributed by atoms with Gasteiger partial charge < -0.3 is 28.6 Å². The van der Waals surface area contributed by atoms with Gasteiger partial charge in [-0.2, -0.15) is 0 Å². The van der Waals surface area contributed by atoms with Gasteiger partial charge in [0, 0.05) is 25.7 Å². The van der Waals surface area contributed by atoms with E-state index in [2.05, 4.69) is 6.92 Å². The van der Waals surface area contributed by atoms with Crippen molar-refractivity contribution in [2.75, 3.05) is 65.6 Å². The van der Waals surface area contributed by atoms with Crippen LogP contribution in [0.3, 0.4) is 0 Å². The molecule has 61 heavy (non-hydrogen) atoms. The van der Waals surface area contributed by atoms with Crippen molar-refractivity contribution in [2.45, 2.75) is 183 Å². The van der Waals surface area contributed by atoms with E-state index in [0.717, 1.165) is 32.1 Å². The van der Waals surface area contributed by atoms with Crippen molar-refractivity contribution in [1.82, 2.24) is 14.7 Å². The predicted octanol–water partition coefficient (Wildman–Crippen LogP) is 6.46. The van der Waals surface area contributed by atoms with Crippen LogP contribution in [0.25, 0.3) is 0 Å². The number of carbonyl (C=O) groups excluding carboxylic acids is 5. The third-order valence-corrected chi connectivity index (χ3v) is 8.71. The van der Waals surface area contributed by atoms with Gasteiger partial charge in [0.1, 0.15) is 28.0 Å². The average Bonchev–Trinajstić information content (AvgIpc) is 3.00. The van der Waals surface area contributed by atoms with Crippen LogP contribution < -0.4 is 0 Å². The number of hydrogen-bond acceptors (Lipinski definition) is 16. The van der Waals surface area contributed by atoms with Crippen LogP contribution in [0.4, 0.5) is 0 Å². The fraction of sp³-hybridized carbons (Fsp3) is 0.884. The lowest BCUT2D eigenvalue weighted by Gasteiger charge is -2.36. The maximum Gasteiger partial charge on any atom is 0.472 e. The molecule has 0 heterocycles. The molecule has 0 aliphatic carbocycles. The molecule has 18 heteroatoms. The van der Waals surface area contributed by atoms with Gasteiger partial charge in [0.05, 0.1) is 45.9 Å². The van der Waals surface area contributed by atoms with Crippen molar-refractivity contribution in [3.8, 4) is 0 Å². The third-order valence-electron chi connectivity index (χ3n) is 7.72.